The van der Waals surface area contributed by atoms with Crippen LogP contribution in [-0.4, -0.2) is 29.1 Å². The molecule has 0 aliphatic carbocycles. The molecule has 1 N–H and O–H groups in total. The number of rotatable bonds is 1. The van der Waals surface area contributed by atoms with Gasteiger partial charge in [0.1, 0.15) is 11.4 Å². The number of amides is 1. The molecule has 1 heterocycles. The average molecular weight is 277 g/mol. The van der Waals surface area contributed by atoms with E-state index in [0.29, 0.717) is 18.7 Å². The maximum Gasteiger partial charge on any atom is 0.414 e. The molecule has 20 heavy (non-hydrogen) atoms. The number of fused-ring (bicyclic) bond motifs is 1. The maximum atomic E-state index is 12.1. The third-order valence-electron chi connectivity index (χ3n) is 3.09. The Bertz CT molecular complexity index is 572. The second-order valence-corrected chi connectivity index (χ2v) is 5.94. The summed E-state index contributed by atoms with van der Waals surface area (Å²) in [7, 11) is 0. The van der Waals surface area contributed by atoms with Crippen LogP contribution in [0.25, 0.3) is 0 Å². The Balaban J connectivity index is 2.32. The smallest absolute Gasteiger partial charge is 0.414 e. The number of anilines is 1. The Morgan fingerprint density at radius 2 is 1.95 bits per heavy atom. The Morgan fingerprint density at radius 1 is 1.30 bits per heavy atom. The summed E-state index contributed by atoms with van der Waals surface area (Å²) in [5, 5.41) is 9.88. The molecule has 5 heteroatoms. The highest BCUT2D eigenvalue weighted by Gasteiger charge is 2.30. The first-order valence-corrected chi connectivity index (χ1v) is 6.56. The van der Waals surface area contributed by atoms with E-state index in [4.69, 9.17) is 4.74 Å². The largest absolute Gasteiger partial charge is 0.507 e. The molecular formula is C15H19NO4. The second kappa shape index (κ2) is 4.81. The van der Waals surface area contributed by atoms with E-state index in [0.717, 1.165) is 5.56 Å². The minimum Gasteiger partial charge on any atom is -0.507 e. The van der Waals surface area contributed by atoms with Gasteiger partial charge in [-0.2, -0.15) is 0 Å². The zero-order valence-corrected chi connectivity index (χ0v) is 12.2. The number of Topliss-reactive ketones (excluding diaryl/α,β-unsaturated/α-hetero) is 1. The van der Waals surface area contributed by atoms with Gasteiger partial charge in [0, 0.05) is 12.6 Å². The minimum atomic E-state index is -0.568. The zero-order valence-electron chi connectivity index (χ0n) is 12.2. The fraction of sp³-hybridized carbons (Fsp3) is 0.467. The van der Waals surface area contributed by atoms with E-state index in [1.54, 1.807) is 26.8 Å². The molecule has 1 aromatic carbocycles. The normalized spacial score (nSPS) is 14.1. The van der Waals surface area contributed by atoms with Crippen molar-refractivity contribution in [1.29, 1.82) is 0 Å². The summed E-state index contributed by atoms with van der Waals surface area (Å²) in [4.78, 5) is 25.0. The van der Waals surface area contributed by atoms with Crippen molar-refractivity contribution in [2.24, 2.45) is 0 Å². The van der Waals surface area contributed by atoms with Gasteiger partial charge in [-0.25, -0.2) is 4.79 Å². The first kappa shape index (κ1) is 14.4. The lowest BCUT2D eigenvalue weighted by atomic mass is 10.0. The van der Waals surface area contributed by atoms with Gasteiger partial charge in [0.2, 0.25) is 0 Å². The fourth-order valence-electron chi connectivity index (χ4n) is 2.21. The van der Waals surface area contributed by atoms with Crippen LogP contribution in [0.2, 0.25) is 0 Å². The third kappa shape index (κ3) is 2.76. The van der Waals surface area contributed by atoms with Crippen LogP contribution in [-0.2, 0) is 11.2 Å². The van der Waals surface area contributed by atoms with E-state index in [1.807, 2.05) is 0 Å². The summed E-state index contributed by atoms with van der Waals surface area (Å²) < 4.78 is 5.33. The van der Waals surface area contributed by atoms with Crippen LogP contribution in [0.15, 0.2) is 12.1 Å². The summed E-state index contributed by atoms with van der Waals surface area (Å²) in [6.07, 6.45) is 0.209. The highest BCUT2D eigenvalue weighted by atomic mass is 16.6. The first-order valence-electron chi connectivity index (χ1n) is 6.56. The maximum absolute atomic E-state index is 12.1. The highest BCUT2D eigenvalue weighted by Crippen LogP contribution is 2.35. The number of carbonyl (C=O) groups is 2. The van der Waals surface area contributed by atoms with Crippen molar-refractivity contribution in [1.82, 2.24) is 0 Å². The first-order chi connectivity index (χ1) is 9.19. The van der Waals surface area contributed by atoms with Crippen LogP contribution in [0.3, 0.4) is 0 Å². The molecule has 1 aliphatic heterocycles. The Hall–Kier alpha value is -2.04. The fourth-order valence-corrected chi connectivity index (χ4v) is 2.21. The number of aromatic hydroxyl groups is 1. The molecule has 0 atom stereocenters. The van der Waals surface area contributed by atoms with Crippen LogP contribution in [0.1, 0.15) is 43.6 Å². The summed E-state index contributed by atoms with van der Waals surface area (Å²) in [5.41, 5.74) is 1.21. The molecule has 1 aromatic rings. The molecule has 5 nitrogen and oxygen atoms in total. The molecule has 0 bridgehead atoms. The van der Waals surface area contributed by atoms with E-state index in [1.165, 1.54) is 17.9 Å². The number of phenolic OH excluding ortho intramolecular Hbond substituents is 1. The SMILES string of the molecule is CC(=O)c1cc2c(cc1O)N(C(=O)OC(C)(C)C)CC2. The molecular weight excluding hydrogens is 258 g/mol. The third-order valence-corrected chi connectivity index (χ3v) is 3.09. The predicted molar refractivity (Wildman–Crippen MR) is 75.4 cm³/mol. The molecule has 2 rings (SSSR count). The summed E-state index contributed by atoms with van der Waals surface area (Å²) >= 11 is 0. The number of hydrogen-bond donors (Lipinski definition) is 1. The summed E-state index contributed by atoms with van der Waals surface area (Å²) in [5.74, 6) is -0.298. The van der Waals surface area contributed by atoms with Gasteiger partial charge in [-0.15, -0.1) is 0 Å². The number of nitrogens with zero attached hydrogens (tertiary/aromatic N) is 1. The van der Waals surface area contributed by atoms with Crippen molar-refractivity contribution in [3.8, 4) is 5.75 Å². The lowest BCUT2D eigenvalue weighted by Gasteiger charge is -2.24. The van der Waals surface area contributed by atoms with Crippen LogP contribution in [0.4, 0.5) is 10.5 Å². The number of benzene rings is 1. The number of carbonyl (C=O) groups excluding carboxylic acids is 2. The van der Waals surface area contributed by atoms with Gasteiger partial charge in [0.25, 0.3) is 0 Å². The second-order valence-electron chi connectivity index (χ2n) is 5.94. The minimum absolute atomic E-state index is 0.105. The highest BCUT2D eigenvalue weighted by molar-refractivity contribution is 5.99. The van der Waals surface area contributed by atoms with Crippen molar-refractivity contribution >= 4 is 17.6 Å². The molecule has 1 aliphatic rings. The lowest BCUT2D eigenvalue weighted by Crippen LogP contribution is -2.35. The molecule has 0 saturated heterocycles. The molecule has 0 radical (unpaired) electrons. The van der Waals surface area contributed by atoms with E-state index in [2.05, 4.69) is 0 Å². The molecule has 0 saturated carbocycles. The van der Waals surface area contributed by atoms with E-state index < -0.39 is 11.7 Å². The van der Waals surface area contributed by atoms with Crippen molar-refractivity contribution in [3.05, 3.63) is 23.3 Å². The quantitative estimate of drug-likeness (QED) is 0.801. The van der Waals surface area contributed by atoms with E-state index in [-0.39, 0.29) is 17.1 Å². The van der Waals surface area contributed by atoms with Crippen LogP contribution >= 0.6 is 0 Å². The van der Waals surface area contributed by atoms with Gasteiger partial charge >= 0.3 is 6.09 Å². The number of ketones is 1. The Kier molecular flexibility index (Phi) is 3.46. The monoisotopic (exact) mass is 277 g/mol. The Labute approximate surface area is 118 Å². The van der Waals surface area contributed by atoms with Gasteiger partial charge in [0.05, 0.1) is 11.3 Å². The van der Waals surface area contributed by atoms with Crippen LogP contribution < -0.4 is 4.90 Å². The van der Waals surface area contributed by atoms with Gasteiger partial charge in [0.15, 0.2) is 5.78 Å². The number of phenols is 1. The topological polar surface area (TPSA) is 66.8 Å². The summed E-state index contributed by atoms with van der Waals surface area (Å²) in [6.45, 7) is 7.31. The molecule has 0 unspecified atom stereocenters. The van der Waals surface area contributed by atoms with Gasteiger partial charge < -0.3 is 9.84 Å². The van der Waals surface area contributed by atoms with Crippen LogP contribution in [0, 0.1) is 0 Å². The molecule has 1 amide bonds. The van der Waals surface area contributed by atoms with E-state index >= 15 is 0 Å². The molecule has 0 fully saturated rings. The van der Waals surface area contributed by atoms with Gasteiger partial charge in [-0.05, 0) is 45.7 Å². The molecule has 0 spiro atoms. The van der Waals surface area contributed by atoms with E-state index in [9.17, 15) is 14.7 Å². The van der Waals surface area contributed by atoms with Crippen molar-refractivity contribution in [2.45, 2.75) is 39.7 Å². The lowest BCUT2D eigenvalue weighted by molar-refractivity contribution is 0.0584. The Morgan fingerprint density at radius 3 is 2.50 bits per heavy atom. The zero-order chi connectivity index (χ0) is 15.1. The molecule has 0 aromatic heterocycles. The average Bonchev–Trinajstić information content (AvgIpc) is 2.67. The number of ether oxygens (including phenoxy) is 1. The standard InChI is InChI=1S/C15H19NO4/c1-9(17)11-7-10-5-6-16(12(10)8-13(11)18)14(19)20-15(2,3)4/h7-8,18H,5-6H2,1-4H3. The predicted octanol–water partition coefficient (Wildman–Crippen LogP) is 2.89. The van der Waals surface area contributed by atoms with Crippen LogP contribution in [0.5, 0.6) is 5.75 Å². The van der Waals surface area contributed by atoms with Gasteiger partial charge in [-0.3, -0.25) is 9.69 Å². The van der Waals surface area contributed by atoms with Crippen molar-refractivity contribution < 1.29 is 19.4 Å². The van der Waals surface area contributed by atoms with Gasteiger partial charge in [-0.1, -0.05) is 0 Å². The molecule has 108 valence electrons. The summed E-state index contributed by atoms with van der Waals surface area (Å²) in [6, 6.07) is 3.11. The van der Waals surface area contributed by atoms with Crippen molar-refractivity contribution in [2.75, 3.05) is 11.4 Å². The number of hydrogen-bond acceptors (Lipinski definition) is 4. The van der Waals surface area contributed by atoms with Crippen molar-refractivity contribution in [3.63, 3.8) is 0 Å².